The van der Waals surface area contributed by atoms with E-state index < -0.39 is 11.8 Å². The van der Waals surface area contributed by atoms with Gasteiger partial charge in [0.1, 0.15) is 0 Å². The highest BCUT2D eigenvalue weighted by Gasteiger charge is 2.18. The normalized spacial score (nSPS) is 15.1. The zero-order valence-corrected chi connectivity index (χ0v) is 26.3. The van der Waals surface area contributed by atoms with Crippen LogP contribution in [0.2, 0.25) is 10.3 Å². The largest absolute Gasteiger partial charge is 0.382 e. The van der Waals surface area contributed by atoms with Gasteiger partial charge in [0.15, 0.2) is 56.9 Å². The van der Waals surface area contributed by atoms with Crippen LogP contribution in [0.5, 0.6) is 0 Å². The Kier molecular flexibility index (Phi) is 13.5. The third-order valence-corrected chi connectivity index (χ3v) is 7.29. The predicted octanol–water partition coefficient (Wildman–Crippen LogP) is -0.740. The number of nitrogens with two attached hydrogens (primary N) is 6. The van der Waals surface area contributed by atoms with E-state index in [4.69, 9.17) is 57.6 Å². The van der Waals surface area contributed by atoms with Crippen molar-refractivity contribution in [1.82, 2.24) is 40.4 Å². The summed E-state index contributed by atoms with van der Waals surface area (Å²) < 4.78 is 0. The summed E-state index contributed by atoms with van der Waals surface area (Å²) in [6, 6.07) is 0. The van der Waals surface area contributed by atoms with Gasteiger partial charge >= 0.3 is 0 Å². The highest BCUT2D eigenvalue weighted by atomic mass is 35.5. The lowest BCUT2D eigenvalue weighted by atomic mass is 10.3. The molecule has 0 spiro atoms. The highest BCUT2D eigenvalue weighted by molar-refractivity contribution is 6.32. The van der Waals surface area contributed by atoms with Gasteiger partial charge in [-0.05, 0) is 58.3 Å². The summed E-state index contributed by atoms with van der Waals surface area (Å²) in [7, 11) is 0. The quantitative estimate of drug-likeness (QED) is 0.0786. The van der Waals surface area contributed by atoms with Crippen molar-refractivity contribution in [2.45, 2.75) is 32.1 Å². The smallest absolute Gasteiger partial charge is 0.280 e. The maximum atomic E-state index is 12.3. The molecule has 0 aliphatic carbocycles. The number of hydrogen-bond donors (Lipinski definition) is 8. The number of nitrogens with one attached hydrogen (secondary N) is 2. The first-order valence-corrected chi connectivity index (χ1v) is 15.0. The molecule has 18 nitrogen and oxygen atoms in total. The zero-order chi connectivity index (χ0) is 32.9. The van der Waals surface area contributed by atoms with Crippen molar-refractivity contribution in [3.05, 3.63) is 21.7 Å². The van der Waals surface area contributed by atoms with Crippen LogP contribution < -0.4 is 45.0 Å². The number of aromatic nitrogens is 4. The number of nitrogen functional groups attached to an aromatic ring is 4. The van der Waals surface area contributed by atoms with E-state index in [0.29, 0.717) is 13.1 Å². The molecule has 45 heavy (non-hydrogen) atoms. The highest BCUT2D eigenvalue weighted by Crippen LogP contribution is 2.18. The Labute approximate surface area is 270 Å². The van der Waals surface area contributed by atoms with Gasteiger partial charge in [-0.15, -0.1) is 0 Å². The van der Waals surface area contributed by atoms with E-state index in [2.05, 4.69) is 50.4 Å². The molecule has 0 saturated carbocycles. The van der Waals surface area contributed by atoms with Crippen LogP contribution in [-0.4, -0.2) is 106 Å². The first kappa shape index (κ1) is 35.2. The monoisotopic (exact) mass is 666 g/mol. The molecule has 3 rings (SSSR count). The van der Waals surface area contributed by atoms with Crippen LogP contribution >= 0.6 is 23.2 Å². The molecule has 2 amide bonds. The second-order valence-electron chi connectivity index (χ2n) is 10.2. The number of anilines is 4. The number of aliphatic imine (C=N–C) groups is 2. The van der Waals surface area contributed by atoms with Gasteiger partial charge in [-0.3, -0.25) is 30.2 Å². The van der Waals surface area contributed by atoms with Crippen molar-refractivity contribution in [3.63, 3.8) is 0 Å². The van der Waals surface area contributed by atoms with Crippen molar-refractivity contribution in [1.29, 1.82) is 0 Å². The number of unbranched alkanes of at least 4 members (excludes halogenated alkanes) is 2. The number of rotatable bonds is 12. The van der Waals surface area contributed by atoms with Crippen LogP contribution in [-0.2, 0) is 0 Å². The summed E-state index contributed by atoms with van der Waals surface area (Å²) in [4.78, 5) is 53.2. The Morgan fingerprint density at radius 3 is 1.44 bits per heavy atom. The van der Waals surface area contributed by atoms with E-state index in [-0.39, 0.29) is 56.9 Å². The van der Waals surface area contributed by atoms with Crippen molar-refractivity contribution < 1.29 is 9.59 Å². The van der Waals surface area contributed by atoms with E-state index in [1.165, 1.54) is 0 Å². The topological polar surface area (TPSA) is 297 Å². The second-order valence-corrected chi connectivity index (χ2v) is 10.9. The van der Waals surface area contributed by atoms with E-state index in [9.17, 15) is 9.59 Å². The van der Waals surface area contributed by atoms with Gasteiger partial charge in [0.25, 0.3) is 11.8 Å². The summed E-state index contributed by atoms with van der Waals surface area (Å²) in [6.07, 6.45) is 4.58. The third-order valence-electron chi connectivity index (χ3n) is 6.73. The minimum Gasteiger partial charge on any atom is -0.382 e. The number of halogens is 2. The molecule has 14 N–H and O–H groups in total. The van der Waals surface area contributed by atoms with Crippen molar-refractivity contribution >= 4 is 70.2 Å². The average molecular weight is 668 g/mol. The number of guanidine groups is 2. The lowest BCUT2D eigenvalue weighted by Gasteiger charge is -2.21. The van der Waals surface area contributed by atoms with Crippen molar-refractivity contribution in [2.24, 2.45) is 21.5 Å². The number of nitrogens with zero attached hydrogens (tertiary/aromatic N) is 8. The molecule has 0 bridgehead atoms. The van der Waals surface area contributed by atoms with E-state index >= 15 is 0 Å². The Balaban J connectivity index is 1.28. The number of carbonyl (C=O) groups excluding carboxylic acids is 2. The van der Waals surface area contributed by atoms with Gasteiger partial charge in [0.2, 0.25) is 0 Å². The van der Waals surface area contributed by atoms with Crippen LogP contribution in [0.1, 0.15) is 53.1 Å². The lowest BCUT2D eigenvalue weighted by Crippen LogP contribution is -2.38. The van der Waals surface area contributed by atoms with Gasteiger partial charge in [-0.25, -0.2) is 19.9 Å². The van der Waals surface area contributed by atoms with E-state index in [1.54, 1.807) is 0 Å². The summed E-state index contributed by atoms with van der Waals surface area (Å²) >= 11 is 11.6. The molecular weight excluding hydrogens is 627 g/mol. The van der Waals surface area contributed by atoms with Gasteiger partial charge in [-0.1, -0.05) is 23.2 Å². The molecule has 2 aromatic heterocycles. The molecule has 0 radical (unpaired) electrons. The Morgan fingerprint density at radius 2 is 1.04 bits per heavy atom. The first-order valence-electron chi connectivity index (χ1n) is 14.3. The molecule has 2 aromatic rings. The van der Waals surface area contributed by atoms with Crippen LogP contribution in [0.25, 0.3) is 0 Å². The van der Waals surface area contributed by atoms with Gasteiger partial charge in [0, 0.05) is 26.2 Å². The Bertz CT molecular complexity index is 1300. The van der Waals surface area contributed by atoms with Gasteiger partial charge in [-0.2, -0.15) is 0 Å². The molecule has 246 valence electrons. The lowest BCUT2D eigenvalue weighted by molar-refractivity contribution is 0.0964. The molecule has 0 unspecified atom stereocenters. The van der Waals surface area contributed by atoms with Crippen LogP contribution in [0.15, 0.2) is 9.98 Å². The van der Waals surface area contributed by atoms with Crippen LogP contribution in [0.3, 0.4) is 0 Å². The Morgan fingerprint density at radius 1 is 0.644 bits per heavy atom. The Hall–Kier alpha value is -4.26. The maximum Gasteiger partial charge on any atom is 0.280 e. The molecule has 20 heteroatoms. The predicted molar refractivity (Wildman–Crippen MR) is 176 cm³/mol. The van der Waals surface area contributed by atoms with E-state index in [0.717, 1.165) is 71.4 Å². The summed E-state index contributed by atoms with van der Waals surface area (Å²) in [5.74, 6) is -1.85. The summed E-state index contributed by atoms with van der Waals surface area (Å²) in [6.45, 7) is 6.84. The molecule has 0 aromatic carbocycles. The van der Waals surface area contributed by atoms with Crippen LogP contribution in [0, 0.1) is 0 Å². The average Bonchev–Trinajstić information content (AvgIpc) is 3.21. The molecule has 3 heterocycles. The number of amides is 2. The fourth-order valence-electron chi connectivity index (χ4n) is 4.41. The van der Waals surface area contributed by atoms with Gasteiger partial charge in [0.05, 0.1) is 0 Å². The molecule has 1 saturated heterocycles. The number of hydrogen-bond acceptors (Lipinski definition) is 14. The van der Waals surface area contributed by atoms with Crippen molar-refractivity contribution in [2.75, 3.05) is 75.3 Å². The zero-order valence-electron chi connectivity index (χ0n) is 24.8. The summed E-state index contributed by atoms with van der Waals surface area (Å²) in [5.41, 5.74) is 33.7. The third kappa shape index (κ3) is 11.3. The first-order chi connectivity index (χ1) is 21.4. The fourth-order valence-corrected chi connectivity index (χ4v) is 4.67. The minimum absolute atomic E-state index is 0.0405. The molecule has 1 aliphatic rings. The van der Waals surface area contributed by atoms with Crippen LogP contribution in [0.4, 0.5) is 23.3 Å². The summed E-state index contributed by atoms with van der Waals surface area (Å²) in [5, 5.41) is 4.62. The second kappa shape index (κ2) is 17.3. The fraction of sp³-hybridized carbons (Fsp3) is 0.520. The maximum absolute atomic E-state index is 12.3. The molecular formula is C25H40Cl2N16O2. The molecule has 0 atom stereocenters. The molecule has 1 aliphatic heterocycles. The molecule has 1 fully saturated rings. The standard InChI is InChI=1S/C25H40Cl2N16O2/c26-16-20(30)38-18(28)14(36-16)22(44)40-24(32)34-6-1-3-8-42-10-5-11-43(13-12-42)9-4-2-7-35-25(33)41-23(45)15-19(29)39-21(31)17(27)37-15/h1-13H2,(H4,28,30,38)(H4,29,31,39)(H3,32,34,40,44)(H3,33,35,41,45). The van der Waals surface area contributed by atoms with Gasteiger partial charge < -0.3 is 44.2 Å². The number of carbonyl (C=O) groups is 2. The van der Waals surface area contributed by atoms with Crippen molar-refractivity contribution in [3.8, 4) is 0 Å². The van der Waals surface area contributed by atoms with E-state index in [1.807, 2.05) is 0 Å². The SMILES string of the molecule is NC(=NCCCCN1CCCN(CCCCN=C(N)NC(=O)c2nc(Cl)c(N)nc2N)CC1)NC(=O)c1nc(Cl)c(N)nc1N. The minimum atomic E-state index is -0.666.